The molecule has 1 fully saturated rings. The van der Waals surface area contributed by atoms with Crippen LogP contribution in [-0.4, -0.2) is 46.5 Å². The Morgan fingerprint density at radius 2 is 1.88 bits per heavy atom. The summed E-state index contributed by atoms with van der Waals surface area (Å²) in [5, 5.41) is 3.49. The van der Waals surface area contributed by atoms with Gasteiger partial charge in [-0.15, -0.1) is 0 Å². The fourth-order valence-electron chi connectivity index (χ4n) is 3.07. The number of quaternary nitrogens is 1. The van der Waals surface area contributed by atoms with Gasteiger partial charge in [0.05, 0.1) is 24.5 Å². The Morgan fingerprint density at radius 1 is 1.24 bits per heavy atom. The van der Waals surface area contributed by atoms with Gasteiger partial charge in [-0.1, -0.05) is 18.5 Å². The molecule has 1 aliphatic heterocycles. The monoisotopic (exact) mass is 388 g/mol. The van der Waals surface area contributed by atoms with Crippen LogP contribution in [0.4, 0.5) is 0 Å². The van der Waals surface area contributed by atoms with Gasteiger partial charge >= 0.3 is 0 Å². The largest absolute Gasteiger partial charge is 0.353 e. The Balaban J connectivity index is 1.71. The highest BCUT2D eigenvalue weighted by atomic mass is 35.5. The van der Waals surface area contributed by atoms with E-state index < -0.39 is 10.0 Å². The van der Waals surface area contributed by atoms with Crippen LogP contribution in [0.25, 0.3) is 0 Å². The number of carbonyl (C=O) groups is 1. The average Bonchev–Trinajstić information content (AvgIpc) is 2.57. The van der Waals surface area contributed by atoms with Crippen LogP contribution in [0.1, 0.15) is 32.6 Å². The van der Waals surface area contributed by atoms with Crippen LogP contribution in [-0.2, 0) is 14.8 Å². The zero-order valence-electron chi connectivity index (χ0n) is 14.6. The van der Waals surface area contributed by atoms with E-state index in [1.807, 2.05) is 0 Å². The lowest BCUT2D eigenvalue weighted by atomic mass is 10.0. The average molecular weight is 389 g/mol. The van der Waals surface area contributed by atoms with Crippen LogP contribution in [0.3, 0.4) is 0 Å². The molecule has 6 nitrogen and oxygen atoms in total. The van der Waals surface area contributed by atoms with Crippen molar-refractivity contribution in [1.29, 1.82) is 0 Å². The molecule has 1 amide bonds. The molecule has 0 aliphatic carbocycles. The molecule has 0 unspecified atom stereocenters. The van der Waals surface area contributed by atoms with Crippen molar-refractivity contribution in [3.63, 3.8) is 0 Å². The standard InChI is InChI=1S/C17H26ClN3O3S/c1-2-11-21-12-8-15(9-13-21)20-17(22)7-10-19-25(23,24)16-5-3-14(18)4-6-16/h3-6,15,19H,2,7-13H2,1H3,(H,20,22)/p+1. The van der Waals surface area contributed by atoms with Gasteiger partial charge < -0.3 is 10.2 Å². The minimum absolute atomic E-state index is 0.0801. The minimum Gasteiger partial charge on any atom is -0.353 e. The highest BCUT2D eigenvalue weighted by Gasteiger charge is 2.22. The van der Waals surface area contributed by atoms with Gasteiger partial charge in [0.1, 0.15) is 0 Å². The van der Waals surface area contributed by atoms with Crippen LogP contribution in [0, 0.1) is 0 Å². The number of piperidine rings is 1. The Morgan fingerprint density at radius 3 is 2.48 bits per heavy atom. The van der Waals surface area contributed by atoms with Crippen molar-refractivity contribution in [2.24, 2.45) is 0 Å². The Hall–Kier alpha value is -1.15. The molecule has 1 heterocycles. The molecule has 25 heavy (non-hydrogen) atoms. The molecule has 0 aromatic heterocycles. The third-order valence-corrected chi connectivity index (χ3v) is 6.16. The number of likely N-dealkylation sites (tertiary alicyclic amines) is 1. The van der Waals surface area contributed by atoms with Crippen molar-refractivity contribution in [1.82, 2.24) is 10.0 Å². The molecular formula is C17H27ClN3O3S+. The summed E-state index contributed by atoms with van der Waals surface area (Å²) in [5.41, 5.74) is 0. The van der Waals surface area contributed by atoms with Crippen molar-refractivity contribution in [3.8, 4) is 0 Å². The summed E-state index contributed by atoms with van der Waals surface area (Å²) in [4.78, 5) is 13.8. The Labute approximate surface area is 155 Å². The predicted octanol–water partition coefficient (Wildman–Crippen LogP) is 0.582. The van der Waals surface area contributed by atoms with E-state index >= 15 is 0 Å². The van der Waals surface area contributed by atoms with E-state index in [1.165, 1.54) is 37.2 Å². The number of rotatable bonds is 8. The van der Waals surface area contributed by atoms with Crippen LogP contribution in [0.5, 0.6) is 0 Å². The number of halogens is 1. The molecule has 0 bridgehead atoms. The second-order valence-corrected chi connectivity index (χ2v) is 8.65. The van der Waals surface area contributed by atoms with Crippen molar-refractivity contribution >= 4 is 27.5 Å². The minimum atomic E-state index is -3.61. The van der Waals surface area contributed by atoms with Crippen molar-refractivity contribution in [2.45, 2.75) is 43.5 Å². The Bertz CT molecular complexity index is 656. The quantitative estimate of drug-likeness (QED) is 0.609. The number of carbonyl (C=O) groups excluding carboxylic acids is 1. The number of hydrogen-bond acceptors (Lipinski definition) is 3. The predicted molar refractivity (Wildman–Crippen MR) is 98.3 cm³/mol. The molecule has 1 aromatic rings. The van der Waals surface area contributed by atoms with Crippen molar-refractivity contribution in [3.05, 3.63) is 29.3 Å². The van der Waals surface area contributed by atoms with Gasteiger partial charge in [0.15, 0.2) is 0 Å². The lowest BCUT2D eigenvalue weighted by Crippen LogP contribution is -3.13. The van der Waals surface area contributed by atoms with Crippen LogP contribution in [0.2, 0.25) is 5.02 Å². The first-order valence-electron chi connectivity index (χ1n) is 8.79. The van der Waals surface area contributed by atoms with Gasteiger partial charge in [-0.3, -0.25) is 4.79 Å². The molecule has 0 atom stereocenters. The second-order valence-electron chi connectivity index (χ2n) is 6.44. The fourth-order valence-corrected chi connectivity index (χ4v) is 4.23. The normalized spacial score (nSPS) is 21.0. The van der Waals surface area contributed by atoms with Crippen molar-refractivity contribution in [2.75, 3.05) is 26.2 Å². The van der Waals surface area contributed by atoms with Gasteiger partial charge in [0.2, 0.25) is 15.9 Å². The number of hydrogen-bond donors (Lipinski definition) is 3. The van der Waals surface area contributed by atoms with Gasteiger partial charge in [0, 0.05) is 36.9 Å². The third kappa shape index (κ3) is 6.58. The molecule has 0 saturated carbocycles. The molecule has 0 spiro atoms. The number of sulfonamides is 1. The van der Waals surface area contributed by atoms with E-state index in [1.54, 1.807) is 4.90 Å². The smallest absolute Gasteiger partial charge is 0.240 e. The van der Waals surface area contributed by atoms with E-state index in [0.29, 0.717) is 5.02 Å². The lowest BCUT2D eigenvalue weighted by Gasteiger charge is -2.29. The summed E-state index contributed by atoms with van der Waals surface area (Å²) < 4.78 is 26.7. The number of benzene rings is 1. The molecule has 1 aromatic carbocycles. The van der Waals surface area contributed by atoms with Gasteiger partial charge in [-0.25, -0.2) is 13.1 Å². The summed E-state index contributed by atoms with van der Waals surface area (Å²) in [6, 6.07) is 6.14. The van der Waals surface area contributed by atoms with Crippen LogP contribution < -0.4 is 14.9 Å². The van der Waals surface area contributed by atoms with Crippen molar-refractivity contribution < 1.29 is 18.1 Å². The van der Waals surface area contributed by atoms with E-state index in [4.69, 9.17) is 11.6 Å². The highest BCUT2D eigenvalue weighted by molar-refractivity contribution is 7.89. The maximum Gasteiger partial charge on any atom is 0.240 e. The third-order valence-electron chi connectivity index (χ3n) is 4.43. The van der Waals surface area contributed by atoms with Crippen LogP contribution >= 0.6 is 11.6 Å². The fraction of sp³-hybridized carbons (Fsp3) is 0.588. The highest BCUT2D eigenvalue weighted by Crippen LogP contribution is 2.13. The molecule has 0 radical (unpaired) electrons. The van der Waals surface area contributed by atoms with E-state index in [0.717, 1.165) is 25.9 Å². The summed E-state index contributed by atoms with van der Waals surface area (Å²) in [6.07, 6.45) is 3.28. The van der Waals surface area contributed by atoms with E-state index in [-0.39, 0.29) is 29.8 Å². The number of nitrogens with one attached hydrogen (secondary N) is 3. The first kappa shape index (κ1) is 20.2. The molecule has 140 valence electrons. The topological polar surface area (TPSA) is 79.7 Å². The molecule has 8 heteroatoms. The molecular weight excluding hydrogens is 362 g/mol. The molecule has 3 N–H and O–H groups in total. The maximum absolute atomic E-state index is 12.1. The van der Waals surface area contributed by atoms with Gasteiger partial charge in [0.25, 0.3) is 0 Å². The molecule has 2 rings (SSSR count). The summed E-state index contributed by atoms with van der Waals surface area (Å²) >= 11 is 5.76. The van der Waals surface area contributed by atoms with Gasteiger partial charge in [-0.05, 0) is 30.7 Å². The summed E-state index contributed by atoms with van der Waals surface area (Å²) in [7, 11) is -3.61. The first-order chi connectivity index (χ1) is 11.9. The van der Waals surface area contributed by atoms with Crippen LogP contribution in [0.15, 0.2) is 29.2 Å². The number of amides is 1. The zero-order valence-corrected chi connectivity index (χ0v) is 16.1. The SMILES string of the molecule is CCC[NH+]1CCC(NC(=O)CCNS(=O)(=O)c2ccc(Cl)cc2)CC1. The van der Waals surface area contributed by atoms with E-state index in [2.05, 4.69) is 17.0 Å². The first-order valence-corrected chi connectivity index (χ1v) is 10.6. The zero-order chi connectivity index (χ0) is 18.3. The lowest BCUT2D eigenvalue weighted by molar-refractivity contribution is -0.905. The Kier molecular flexibility index (Phi) is 7.68. The summed E-state index contributed by atoms with van der Waals surface area (Å²) in [6.45, 7) is 5.62. The second kappa shape index (κ2) is 9.52. The maximum atomic E-state index is 12.1. The molecule has 1 saturated heterocycles. The van der Waals surface area contributed by atoms with Gasteiger partial charge in [-0.2, -0.15) is 0 Å². The molecule has 1 aliphatic rings. The summed E-state index contributed by atoms with van der Waals surface area (Å²) in [5.74, 6) is -0.109. The van der Waals surface area contributed by atoms with E-state index in [9.17, 15) is 13.2 Å².